The van der Waals surface area contributed by atoms with Crippen LogP contribution in [0.5, 0.6) is 6.01 Å². The van der Waals surface area contributed by atoms with Crippen LogP contribution in [0.4, 0.5) is 19.0 Å². The molecule has 11 heteroatoms. The standard InChI is InChI=1S/C22H29N5O.C2HF3O2/c1-2-3-12-28-22-25-19-18(14-24-20(19)21(23)26-22)13-16-6-8-17(9-7-16)15-27-10-4-5-11-27;3-2(4,5)1(6)7/h6-9,14,24H,2-5,10-13,15H2,1H3,(H2,23,25,26);(H,6,7). The Morgan fingerprint density at radius 3 is 2.40 bits per heavy atom. The number of carbonyl (C=O) groups is 1. The molecule has 0 spiro atoms. The number of carboxylic acid groups (broad SMARTS) is 1. The van der Waals surface area contributed by atoms with Crippen LogP contribution in [0.15, 0.2) is 30.5 Å². The van der Waals surface area contributed by atoms with Crippen molar-refractivity contribution in [2.75, 3.05) is 25.4 Å². The Kier molecular flexibility index (Phi) is 8.91. The molecular formula is C24H30F3N5O3. The third-order valence-electron chi connectivity index (χ3n) is 5.61. The molecule has 2 aromatic heterocycles. The van der Waals surface area contributed by atoms with Crippen molar-refractivity contribution in [2.24, 2.45) is 0 Å². The fourth-order valence-corrected chi connectivity index (χ4v) is 3.75. The smallest absolute Gasteiger partial charge is 0.475 e. The summed E-state index contributed by atoms with van der Waals surface area (Å²) in [5.41, 5.74) is 11.5. The topological polar surface area (TPSA) is 117 Å². The Labute approximate surface area is 201 Å². The van der Waals surface area contributed by atoms with Crippen LogP contribution in [0.1, 0.15) is 49.3 Å². The predicted molar refractivity (Wildman–Crippen MR) is 126 cm³/mol. The lowest BCUT2D eigenvalue weighted by atomic mass is 10.0. The number of halogens is 3. The number of likely N-dealkylation sites (tertiary alicyclic amines) is 1. The number of nitrogens with two attached hydrogens (primary N) is 1. The van der Waals surface area contributed by atoms with Crippen LogP contribution in [-0.2, 0) is 17.8 Å². The number of H-pyrrole nitrogens is 1. The first-order chi connectivity index (χ1) is 16.7. The molecule has 0 saturated carbocycles. The zero-order valence-electron chi connectivity index (χ0n) is 19.6. The second-order valence-corrected chi connectivity index (χ2v) is 8.41. The van der Waals surface area contributed by atoms with E-state index in [4.69, 9.17) is 20.4 Å². The maximum absolute atomic E-state index is 10.6. The van der Waals surface area contributed by atoms with Gasteiger partial charge < -0.3 is 20.6 Å². The van der Waals surface area contributed by atoms with Crippen molar-refractivity contribution in [3.05, 3.63) is 47.2 Å². The second-order valence-electron chi connectivity index (χ2n) is 8.41. The third kappa shape index (κ3) is 7.57. The van der Waals surface area contributed by atoms with Gasteiger partial charge in [0.15, 0.2) is 5.82 Å². The molecule has 0 amide bonds. The van der Waals surface area contributed by atoms with Crippen molar-refractivity contribution in [2.45, 2.75) is 51.7 Å². The van der Waals surface area contributed by atoms with Crippen LogP contribution in [0.3, 0.4) is 0 Å². The molecule has 35 heavy (non-hydrogen) atoms. The molecule has 190 valence electrons. The monoisotopic (exact) mass is 493 g/mol. The summed E-state index contributed by atoms with van der Waals surface area (Å²) in [6, 6.07) is 9.28. The van der Waals surface area contributed by atoms with E-state index < -0.39 is 12.1 Å². The summed E-state index contributed by atoms with van der Waals surface area (Å²) in [5.74, 6) is -2.32. The Morgan fingerprint density at radius 1 is 1.17 bits per heavy atom. The number of benzene rings is 1. The van der Waals surface area contributed by atoms with E-state index in [1.165, 1.54) is 37.1 Å². The first-order valence-corrected chi connectivity index (χ1v) is 11.5. The number of aromatic nitrogens is 3. The molecular weight excluding hydrogens is 463 g/mol. The minimum Gasteiger partial charge on any atom is -0.475 e. The summed E-state index contributed by atoms with van der Waals surface area (Å²) in [6.45, 7) is 6.24. The van der Waals surface area contributed by atoms with E-state index in [1.807, 2.05) is 6.20 Å². The van der Waals surface area contributed by atoms with E-state index >= 15 is 0 Å². The molecule has 4 N–H and O–H groups in total. The van der Waals surface area contributed by atoms with Crippen LogP contribution in [0, 0.1) is 0 Å². The summed E-state index contributed by atoms with van der Waals surface area (Å²) in [7, 11) is 0. The maximum atomic E-state index is 10.6. The molecule has 8 nitrogen and oxygen atoms in total. The third-order valence-corrected chi connectivity index (χ3v) is 5.61. The van der Waals surface area contributed by atoms with Crippen LogP contribution in [0.25, 0.3) is 11.0 Å². The largest absolute Gasteiger partial charge is 0.490 e. The predicted octanol–water partition coefficient (Wildman–Crippen LogP) is 4.54. The van der Waals surface area contributed by atoms with E-state index in [0.29, 0.717) is 18.4 Å². The van der Waals surface area contributed by atoms with Gasteiger partial charge in [-0.15, -0.1) is 0 Å². The van der Waals surface area contributed by atoms with Gasteiger partial charge in [0, 0.05) is 24.7 Å². The van der Waals surface area contributed by atoms with Gasteiger partial charge in [-0.2, -0.15) is 23.1 Å². The maximum Gasteiger partial charge on any atom is 0.490 e. The number of anilines is 1. The normalized spacial score (nSPS) is 14.1. The van der Waals surface area contributed by atoms with Gasteiger partial charge in [-0.25, -0.2) is 4.79 Å². The highest BCUT2D eigenvalue weighted by Gasteiger charge is 2.38. The Hall–Kier alpha value is -3.34. The van der Waals surface area contributed by atoms with Gasteiger partial charge in [0.25, 0.3) is 0 Å². The number of ether oxygens (including phenoxy) is 1. The van der Waals surface area contributed by atoms with E-state index in [0.717, 1.165) is 42.4 Å². The fraction of sp³-hybridized carbons (Fsp3) is 0.458. The molecule has 0 radical (unpaired) electrons. The van der Waals surface area contributed by atoms with Crippen molar-refractivity contribution in [1.29, 1.82) is 0 Å². The second kappa shape index (κ2) is 11.9. The number of nitrogens with zero attached hydrogens (tertiary/aromatic N) is 3. The molecule has 1 saturated heterocycles. The summed E-state index contributed by atoms with van der Waals surface area (Å²) in [4.78, 5) is 23.5. The first kappa shape index (κ1) is 26.3. The Balaban J connectivity index is 0.000000429. The van der Waals surface area contributed by atoms with Crippen molar-refractivity contribution >= 4 is 22.8 Å². The van der Waals surface area contributed by atoms with E-state index in [9.17, 15) is 13.2 Å². The lowest BCUT2D eigenvalue weighted by Crippen LogP contribution is -2.21. The minimum absolute atomic E-state index is 0.361. The van der Waals surface area contributed by atoms with Crippen molar-refractivity contribution in [3.8, 4) is 6.01 Å². The van der Waals surface area contributed by atoms with Gasteiger partial charge in [0.1, 0.15) is 11.0 Å². The van der Waals surface area contributed by atoms with Crippen LogP contribution in [-0.4, -0.2) is 56.8 Å². The lowest BCUT2D eigenvalue weighted by molar-refractivity contribution is -0.192. The SMILES string of the molecule is CCCCOc1nc(N)c2[nH]cc(Cc3ccc(CN4CCCC4)cc3)c2n1.O=C(O)C(F)(F)F. The highest BCUT2D eigenvalue weighted by Crippen LogP contribution is 2.25. The lowest BCUT2D eigenvalue weighted by Gasteiger charge is -2.14. The molecule has 1 aromatic carbocycles. The average molecular weight is 494 g/mol. The Morgan fingerprint density at radius 2 is 1.80 bits per heavy atom. The summed E-state index contributed by atoms with van der Waals surface area (Å²) < 4.78 is 37.4. The molecule has 1 aliphatic heterocycles. The number of fused-ring (bicyclic) bond motifs is 1. The van der Waals surface area contributed by atoms with Crippen LogP contribution in [0.2, 0.25) is 0 Å². The molecule has 1 fully saturated rings. The molecule has 0 unspecified atom stereocenters. The number of aliphatic carboxylic acids is 1. The summed E-state index contributed by atoms with van der Waals surface area (Å²) >= 11 is 0. The number of nitrogen functional groups attached to an aromatic ring is 1. The van der Waals surface area contributed by atoms with Gasteiger partial charge in [-0.05, 0) is 43.5 Å². The average Bonchev–Trinajstić information content (AvgIpc) is 3.46. The zero-order valence-corrected chi connectivity index (χ0v) is 19.6. The number of aromatic amines is 1. The number of alkyl halides is 3. The fourth-order valence-electron chi connectivity index (χ4n) is 3.75. The molecule has 0 aliphatic carbocycles. The van der Waals surface area contributed by atoms with Gasteiger partial charge in [-0.1, -0.05) is 37.6 Å². The molecule has 0 bridgehead atoms. The Bertz CT molecular complexity index is 1110. The van der Waals surface area contributed by atoms with Gasteiger partial charge in [-0.3, -0.25) is 4.90 Å². The van der Waals surface area contributed by atoms with Crippen molar-refractivity contribution < 1.29 is 27.8 Å². The van der Waals surface area contributed by atoms with Gasteiger partial charge in [0.05, 0.1) is 6.61 Å². The summed E-state index contributed by atoms with van der Waals surface area (Å²) in [5, 5.41) is 7.12. The van der Waals surface area contributed by atoms with Crippen LogP contribution < -0.4 is 10.5 Å². The van der Waals surface area contributed by atoms with Gasteiger partial charge >= 0.3 is 18.2 Å². The minimum atomic E-state index is -5.08. The van der Waals surface area contributed by atoms with E-state index in [1.54, 1.807) is 0 Å². The first-order valence-electron chi connectivity index (χ1n) is 11.5. The number of hydrogen-bond donors (Lipinski definition) is 3. The molecule has 4 rings (SSSR count). The number of unbranched alkanes of at least 4 members (excludes halogenated alkanes) is 1. The number of nitrogens with one attached hydrogen (secondary N) is 1. The molecule has 1 aliphatic rings. The van der Waals surface area contributed by atoms with Crippen LogP contribution >= 0.6 is 0 Å². The number of rotatable bonds is 8. The molecule has 0 atom stereocenters. The van der Waals surface area contributed by atoms with Crippen molar-refractivity contribution in [1.82, 2.24) is 19.9 Å². The quantitative estimate of drug-likeness (QED) is 0.395. The highest BCUT2D eigenvalue weighted by atomic mass is 19.4. The van der Waals surface area contributed by atoms with E-state index in [2.05, 4.69) is 51.0 Å². The summed E-state index contributed by atoms with van der Waals surface area (Å²) in [6.07, 6.45) is 2.39. The highest BCUT2D eigenvalue weighted by molar-refractivity contribution is 5.87. The number of carboxylic acids is 1. The van der Waals surface area contributed by atoms with E-state index in [-0.39, 0.29) is 0 Å². The van der Waals surface area contributed by atoms with Crippen molar-refractivity contribution in [3.63, 3.8) is 0 Å². The zero-order chi connectivity index (χ0) is 25.4. The molecule has 3 aromatic rings. The number of hydrogen-bond acceptors (Lipinski definition) is 6. The van der Waals surface area contributed by atoms with Gasteiger partial charge in [0.2, 0.25) is 0 Å². The molecule has 3 heterocycles.